The molecule has 1 aliphatic rings. The molecule has 0 bridgehead atoms. The summed E-state index contributed by atoms with van der Waals surface area (Å²) in [6.45, 7) is 3.67. The van der Waals surface area contributed by atoms with E-state index in [9.17, 15) is 4.79 Å². The standard InChI is InChI=1S/C14H18N4O/c1-10-12-8-11(9-15-13(12)17(2)16-10)14(19)18-6-4-3-5-7-18/h8-9H,3-7H2,1-2H3. The van der Waals surface area contributed by atoms with Gasteiger partial charge < -0.3 is 4.90 Å². The number of amides is 1. The van der Waals surface area contributed by atoms with E-state index >= 15 is 0 Å². The predicted octanol–water partition coefficient (Wildman–Crippen LogP) is 1.90. The van der Waals surface area contributed by atoms with Crippen LogP contribution in [0.4, 0.5) is 0 Å². The van der Waals surface area contributed by atoms with Gasteiger partial charge in [0.2, 0.25) is 0 Å². The molecule has 19 heavy (non-hydrogen) atoms. The second-order valence-electron chi connectivity index (χ2n) is 5.16. The lowest BCUT2D eigenvalue weighted by molar-refractivity contribution is 0.0724. The lowest BCUT2D eigenvalue weighted by atomic mass is 10.1. The third-order valence-corrected chi connectivity index (χ3v) is 3.75. The third-order valence-electron chi connectivity index (χ3n) is 3.75. The van der Waals surface area contributed by atoms with Crippen LogP contribution in [-0.2, 0) is 7.05 Å². The van der Waals surface area contributed by atoms with E-state index in [1.54, 1.807) is 10.9 Å². The number of hydrogen-bond donors (Lipinski definition) is 0. The first-order chi connectivity index (χ1) is 9.16. The molecule has 0 aromatic carbocycles. The zero-order valence-corrected chi connectivity index (χ0v) is 11.4. The first-order valence-electron chi connectivity index (χ1n) is 6.75. The molecule has 2 aromatic heterocycles. The van der Waals surface area contributed by atoms with Crippen molar-refractivity contribution in [1.82, 2.24) is 19.7 Å². The second-order valence-corrected chi connectivity index (χ2v) is 5.16. The van der Waals surface area contributed by atoms with Gasteiger partial charge in [0.1, 0.15) is 0 Å². The van der Waals surface area contributed by atoms with Gasteiger partial charge in [0.15, 0.2) is 5.65 Å². The molecule has 1 fully saturated rings. The number of nitrogens with zero attached hydrogens (tertiary/aromatic N) is 4. The highest BCUT2D eigenvalue weighted by Gasteiger charge is 2.19. The molecule has 3 rings (SSSR count). The minimum Gasteiger partial charge on any atom is -0.339 e. The highest BCUT2D eigenvalue weighted by molar-refractivity contribution is 5.97. The molecule has 1 amide bonds. The second kappa shape index (κ2) is 4.64. The number of rotatable bonds is 1. The van der Waals surface area contributed by atoms with Crippen LogP contribution in [-0.4, -0.2) is 38.7 Å². The van der Waals surface area contributed by atoms with Crippen LogP contribution < -0.4 is 0 Å². The molecule has 1 saturated heterocycles. The summed E-state index contributed by atoms with van der Waals surface area (Å²) in [5, 5.41) is 5.30. The third kappa shape index (κ3) is 2.09. The van der Waals surface area contributed by atoms with Gasteiger partial charge >= 0.3 is 0 Å². The maximum atomic E-state index is 12.4. The van der Waals surface area contributed by atoms with Crippen molar-refractivity contribution in [2.75, 3.05) is 13.1 Å². The molecule has 2 aromatic rings. The summed E-state index contributed by atoms with van der Waals surface area (Å²) in [6.07, 6.45) is 5.10. The summed E-state index contributed by atoms with van der Waals surface area (Å²) < 4.78 is 1.75. The Kier molecular flexibility index (Phi) is 2.97. The molecule has 0 radical (unpaired) electrons. The van der Waals surface area contributed by atoms with Crippen LogP contribution in [0.25, 0.3) is 11.0 Å². The minimum atomic E-state index is 0.0948. The number of pyridine rings is 1. The Morgan fingerprint density at radius 3 is 2.74 bits per heavy atom. The van der Waals surface area contributed by atoms with Crippen LogP contribution in [0, 0.1) is 6.92 Å². The van der Waals surface area contributed by atoms with Gasteiger partial charge in [-0.25, -0.2) is 4.98 Å². The number of piperidine rings is 1. The van der Waals surface area contributed by atoms with E-state index in [0.717, 1.165) is 42.7 Å². The molecule has 100 valence electrons. The Morgan fingerprint density at radius 1 is 1.26 bits per heavy atom. The Bertz CT molecular complexity index is 626. The summed E-state index contributed by atoms with van der Waals surface area (Å²) >= 11 is 0. The Balaban J connectivity index is 1.96. The Morgan fingerprint density at radius 2 is 2.00 bits per heavy atom. The average Bonchev–Trinajstić information content (AvgIpc) is 2.74. The van der Waals surface area contributed by atoms with Crippen molar-refractivity contribution in [2.24, 2.45) is 7.05 Å². The van der Waals surface area contributed by atoms with Crippen LogP contribution in [0.5, 0.6) is 0 Å². The van der Waals surface area contributed by atoms with Gasteiger partial charge in [-0.15, -0.1) is 0 Å². The van der Waals surface area contributed by atoms with Crippen LogP contribution in [0.2, 0.25) is 0 Å². The lowest BCUT2D eigenvalue weighted by Crippen LogP contribution is -2.35. The van der Waals surface area contributed by atoms with Crippen molar-refractivity contribution in [1.29, 1.82) is 0 Å². The van der Waals surface area contributed by atoms with E-state index < -0.39 is 0 Å². The monoisotopic (exact) mass is 258 g/mol. The zero-order valence-electron chi connectivity index (χ0n) is 11.4. The van der Waals surface area contributed by atoms with Crippen LogP contribution in [0.1, 0.15) is 35.3 Å². The average molecular weight is 258 g/mol. The van der Waals surface area contributed by atoms with Crippen molar-refractivity contribution >= 4 is 16.9 Å². The molecule has 3 heterocycles. The number of aromatic nitrogens is 3. The fraction of sp³-hybridized carbons (Fsp3) is 0.500. The maximum absolute atomic E-state index is 12.4. The molecular formula is C14H18N4O. The zero-order chi connectivity index (χ0) is 13.4. The molecule has 0 atom stereocenters. The molecule has 5 heteroatoms. The molecule has 0 spiro atoms. The van der Waals surface area contributed by atoms with Crippen LogP contribution >= 0.6 is 0 Å². The Hall–Kier alpha value is -1.91. The topological polar surface area (TPSA) is 51.0 Å². The van der Waals surface area contributed by atoms with Crippen molar-refractivity contribution in [3.8, 4) is 0 Å². The number of likely N-dealkylation sites (tertiary alicyclic amines) is 1. The van der Waals surface area contributed by atoms with Crippen molar-refractivity contribution < 1.29 is 4.79 Å². The highest BCUT2D eigenvalue weighted by atomic mass is 16.2. The molecule has 0 N–H and O–H groups in total. The Labute approximate surface area is 112 Å². The predicted molar refractivity (Wildman–Crippen MR) is 73.0 cm³/mol. The van der Waals surface area contributed by atoms with Gasteiger partial charge in [0, 0.05) is 31.7 Å². The van der Waals surface area contributed by atoms with Crippen molar-refractivity contribution in [3.05, 3.63) is 23.5 Å². The van der Waals surface area contributed by atoms with Gasteiger partial charge in [-0.1, -0.05) is 0 Å². The largest absolute Gasteiger partial charge is 0.339 e. The van der Waals surface area contributed by atoms with E-state index in [1.165, 1.54) is 6.42 Å². The SMILES string of the molecule is Cc1nn(C)c2ncc(C(=O)N3CCCCC3)cc12. The summed E-state index contributed by atoms with van der Waals surface area (Å²) in [7, 11) is 1.87. The fourth-order valence-electron chi connectivity index (χ4n) is 2.70. The molecule has 5 nitrogen and oxygen atoms in total. The quantitative estimate of drug-likeness (QED) is 0.785. The lowest BCUT2D eigenvalue weighted by Gasteiger charge is -2.26. The van der Waals surface area contributed by atoms with Crippen LogP contribution in [0.3, 0.4) is 0 Å². The van der Waals surface area contributed by atoms with Gasteiger partial charge in [-0.05, 0) is 32.3 Å². The summed E-state index contributed by atoms with van der Waals surface area (Å²) in [5.41, 5.74) is 2.41. The molecule has 1 aliphatic heterocycles. The highest BCUT2D eigenvalue weighted by Crippen LogP contribution is 2.19. The first kappa shape index (κ1) is 12.1. The smallest absolute Gasteiger partial charge is 0.255 e. The van der Waals surface area contributed by atoms with E-state index in [4.69, 9.17) is 0 Å². The maximum Gasteiger partial charge on any atom is 0.255 e. The number of hydrogen-bond acceptors (Lipinski definition) is 3. The van der Waals surface area contributed by atoms with Gasteiger partial charge in [0.05, 0.1) is 11.3 Å². The first-order valence-corrected chi connectivity index (χ1v) is 6.75. The van der Waals surface area contributed by atoms with E-state index in [2.05, 4.69) is 10.1 Å². The van der Waals surface area contributed by atoms with Gasteiger partial charge in [-0.3, -0.25) is 9.48 Å². The molecular weight excluding hydrogens is 240 g/mol. The van der Waals surface area contributed by atoms with Crippen molar-refractivity contribution in [2.45, 2.75) is 26.2 Å². The van der Waals surface area contributed by atoms with E-state index in [1.807, 2.05) is 24.9 Å². The number of carbonyl (C=O) groups is 1. The number of fused-ring (bicyclic) bond motifs is 1. The van der Waals surface area contributed by atoms with E-state index in [0.29, 0.717) is 5.56 Å². The van der Waals surface area contributed by atoms with E-state index in [-0.39, 0.29) is 5.91 Å². The molecule has 0 aliphatic carbocycles. The molecule has 0 saturated carbocycles. The number of aryl methyl sites for hydroxylation is 2. The minimum absolute atomic E-state index is 0.0948. The number of carbonyl (C=O) groups excluding carboxylic acids is 1. The van der Waals surface area contributed by atoms with Crippen molar-refractivity contribution in [3.63, 3.8) is 0 Å². The fourth-order valence-corrected chi connectivity index (χ4v) is 2.70. The summed E-state index contributed by atoms with van der Waals surface area (Å²) in [6, 6.07) is 1.92. The summed E-state index contributed by atoms with van der Waals surface area (Å²) in [5.74, 6) is 0.0948. The summed E-state index contributed by atoms with van der Waals surface area (Å²) in [4.78, 5) is 18.7. The van der Waals surface area contributed by atoms with Gasteiger partial charge in [0.25, 0.3) is 5.91 Å². The van der Waals surface area contributed by atoms with Gasteiger partial charge in [-0.2, -0.15) is 5.10 Å². The normalized spacial score (nSPS) is 16.0. The van der Waals surface area contributed by atoms with Crippen LogP contribution in [0.15, 0.2) is 12.3 Å². The molecule has 0 unspecified atom stereocenters.